The lowest BCUT2D eigenvalue weighted by Gasteiger charge is -2.01. The summed E-state index contributed by atoms with van der Waals surface area (Å²) < 4.78 is 3.07. The van der Waals surface area contributed by atoms with Crippen LogP contribution in [0.2, 0.25) is 5.02 Å². The SMILES string of the molecule is Clc1ccc2ncc(Sc3c[nH]c4cc(Br)ccc34)n2c1. The molecule has 1 N–H and O–H groups in total. The minimum atomic E-state index is 0.699. The molecule has 21 heavy (non-hydrogen) atoms. The van der Waals surface area contributed by atoms with Crippen LogP contribution >= 0.6 is 39.3 Å². The summed E-state index contributed by atoms with van der Waals surface area (Å²) in [6, 6.07) is 9.99. The zero-order chi connectivity index (χ0) is 14.4. The number of fused-ring (bicyclic) bond motifs is 2. The third-order valence-corrected chi connectivity index (χ3v) is 5.04. The van der Waals surface area contributed by atoms with Crippen LogP contribution in [0.25, 0.3) is 16.6 Å². The standard InChI is InChI=1S/C15H9BrClN3S/c16-9-1-3-11-12(5-9)18-6-13(11)21-15-7-19-14-4-2-10(17)8-20(14)15/h1-8,18H. The van der Waals surface area contributed by atoms with E-state index in [1.165, 1.54) is 10.3 Å². The lowest BCUT2D eigenvalue weighted by molar-refractivity contribution is 1.05. The first-order chi connectivity index (χ1) is 10.2. The van der Waals surface area contributed by atoms with Gasteiger partial charge in [0.05, 0.1) is 11.2 Å². The van der Waals surface area contributed by atoms with Crippen molar-refractivity contribution in [3.05, 3.63) is 58.4 Å². The zero-order valence-electron chi connectivity index (χ0n) is 10.7. The number of benzene rings is 1. The summed E-state index contributed by atoms with van der Waals surface area (Å²) in [5, 5.41) is 2.93. The molecule has 0 aliphatic carbocycles. The minimum absolute atomic E-state index is 0.699. The summed E-state index contributed by atoms with van der Waals surface area (Å²) in [7, 11) is 0. The molecule has 0 saturated carbocycles. The second-order valence-corrected chi connectivity index (χ2v) is 7.03. The van der Waals surface area contributed by atoms with Gasteiger partial charge in [-0.05, 0) is 24.3 Å². The molecule has 0 fully saturated rings. The Hall–Kier alpha value is -1.43. The quantitative estimate of drug-likeness (QED) is 0.508. The van der Waals surface area contributed by atoms with Crippen molar-refractivity contribution in [1.29, 1.82) is 0 Å². The van der Waals surface area contributed by atoms with Gasteiger partial charge in [0.25, 0.3) is 0 Å². The molecule has 0 bridgehead atoms. The number of nitrogens with one attached hydrogen (secondary N) is 1. The molecule has 0 aliphatic rings. The number of aromatic amines is 1. The van der Waals surface area contributed by atoms with Crippen molar-refractivity contribution in [3.8, 4) is 0 Å². The van der Waals surface area contributed by atoms with Gasteiger partial charge in [0, 0.05) is 32.7 Å². The van der Waals surface area contributed by atoms with Gasteiger partial charge < -0.3 is 4.98 Å². The summed E-state index contributed by atoms with van der Waals surface area (Å²) in [5.41, 5.74) is 2.00. The van der Waals surface area contributed by atoms with E-state index in [1.807, 2.05) is 41.2 Å². The Labute approximate surface area is 138 Å². The van der Waals surface area contributed by atoms with Crippen LogP contribution in [0.5, 0.6) is 0 Å². The number of H-pyrrole nitrogens is 1. The Morgan fingerprint density at radius 2 is 2.14 bits per heavy atom. The maximum absolute atomic E-state index is 6.07. The molecule has 0 aliphatic heterocycles. The predicted molar refractivity (Wildman–Crippen MR) is 90.3 cm³/mol. The van der Waals surface area contributed by atoms with Gasteiger partial charge in [-0.15, -0.1) is 0 Å². The molecular formula is C15H9BrClN3S. The van der Waals surface area contributed by atoms with Gasteiger partial charge in [0.1, 0.15) is 10.7 Å². The topological polar surface area (TPSA) is 33.1 Å². The molecule has 3 nitrogen and oxygen atoms in total. The van der Waals surface area contributed by atoms with Crippen molar-refractivity contribution in [2.24, 2.45) is 0 Å². The molecule has 0 spiro atoms. The summed E-state index contributed by atoms with van der Waals surface area (Å²) in [5.74, 6) is 0. The van der Waals surface area contributed by atoms with Crippen LogP contribution in [0.15, 0.2) is 63.3 Å². The fourth-order valence-electron chi connectivity index (χ4n) is 2.28. The number of hydrogen-bond acceptors (Lipinski definition) is 2. The molecule has 0 atom stereocenters. The van der Waals surface area contributed by atoms with E-state index in [0.717, 1.165) is 20.7 Å². The van der Waals surface area contributed by atoms with E-state index in [2.05, 4.69) is 38.0 Å². The molecule has 6 heteroatoms. The summed E-state index contributed by atoms with van der Waals surface area (Å²) in [6.07, 6.45) is 5.78. The molecule has 104 valence electrons. The summed E-state index contributed by atoms with van der Waals surface area (Å²) in [6.45, 7) is 0. The largest absolute Gasteiger partial charge is 0.360 e. The molecule has 0 unspecified atom stereocenters. The first-order valence-corrected chi connectivity index (χ1v) is 8.26. The maximum Gasteiger partial charge on any atom is 0.137 e. The molecule has 4 rings (SSSR count). The Bertz CT molecular complexity index is 960. The van der Waals surface area contributed by atoms with Crippen molar-refractivity contribution in [2.45, 2.75) is 9.92 Å². The van der Waals surface area contributed by atoms with E-state index in [-0.39, 0.29) is 0 Å². The van der Waals surface area contributed by atoms with E-state index in [0.29, 0.717) is 5.02 Å². The van der Waals surface area contributed by atoms with E-state index < -0.39 is 0 Å². The Balaban J connectivity index is 1.81. The summed E-state index contributed by atoms with van der Waals surface area (Å²) >= 11 is 11.2. The zero-order valence-corrected chi connectivity index (χ0v) is 13.8. The van der Waals surface area contributed by atoms with Crippen molar-refractivity contribution in [2.75, 3.05) is 0 Å². The smallest absolute Gasteiger partial charge is 0.137 e. The van der Waals surface area contributed by atoms with E-state index in [9.17, 15) is 0 Å². The Kier molecular flexibility index (Phi) is 3.21. The number of pyridine rings is 1. The van der Waals surface area contributed by atoms with Gasteiger partial charge in [-0.25, -0.2) is 4.98 Å². The lowest BCUT2D eigenvalue weighted by Crippen LogP contribution is -1.85. The summed E-state index contributed by atoms with van der Waals surface area (Å²) in [4.78, 5) is 8.86. The molecular weight excluding hydrogens is 370 g/mol. The third kappa shape index (κ3) is 2.35. The van der Waals surface area contributed by atoms with Crippen LogP contribution < -0.4 is 0 Å². The molecule has 3 heterocycles. The van der Waals surface area contributed by atoms with Crippen LogP contribution in [0.3, 0.4) is 0 Å². The van der Waals surface area contributed by atoms with E-state index in [4.69, 9.17) is 11.6 Å². The van der Waals surface area contributed by atoms with Gasteiger partial charge in [0.2, 0.25) is 0 Å². The fraction of sp³-hybridized carbons (Fsp3) is 0. The maximum atomic E-state index is 6.07. The first-order valence-electron chi connectivity index (χ1n) is 6.28. The van der Waals surface area contributed by atoms with E-state index >= 15 is 0 Å². The highest BCUT2D eigenvalue weighted by Gasteiger charge is 2.10. The van der Waals surface area contributed by atoms with E-state index in [1.54, 1.807) is 11.8 Å². The van der Waals surface area contributed by atoms with Crippen LogP contribution in [-0.4, -0.2) is 14.4 Å². The Morgan fingerprint density at radius 1 is 1.24 bits per heavy atom. The van der Waals surface area contributed by atoms with Crippen LogP contribution in [0, 0.1) is 0 Å². The monoisotopic (exact) mass is 377 g/mol. The number of halogens is 2. The van der Waals surface area contributed by atoms with Gasteiger partial charge >= 0.3 is 0 Å². The average Bonchev–Trinajstić information content (AvgIpc) is 3.04. The van der Waals surface area contributed by atoms with Gasteiger partial charge in [-0.1, -0.05) is 45.4 Å². The molecule has 1 aromatic carbocycles. The Morgan fingerprint density at radius 3 is 3.05 bits per heavy atom. The normalized spacial score (nSPS) is 11.5. The fourth-order valence-corrected chi connectivity index (χ4v) is 3.78. The highest BCUT2D eigenvalue weighted by molar-refractivity contribution is 9.10. The van der Waals surface area contributed by atoms with Crippen molar-refractivity contribution >= 4 is 55.8 Å². The van der Waals surface area contributed by atoms with Crippen LogP contribution in [0.4, 0.5) is 0 Å². The highest BCUT2D eigenvalue weighted by Crippen LogP contribution is 2.35. The van der Waals surface area contributed by atoms with Gasteiger partial charge in [-0.3, -0.25) is 4.40 Å². The minimum Gasteiger partial charge on any atom is -0.360 e. The van der Waals surface area contributed by atoms with Gasteiger partial charge in [-0.2, -0.15) is 0 Å². The first kappa shape index (κ1) is 13.2. The van der Waals surface area contributed by atoms with Gasteiger partial charge in [0.15, 0.2) is 0 Å². The third-order valence-electron chi connectivity index (χ3n) is 3.26. The number of rotatable bonds is 2. The number of aromatic nitrogens is 3. The predicted octanol–water partition coefficient (Wildman–Crippen LogP) is 5.38. The second-order valence-electron chi connectivity index (χ2n) is 4.62. The average molecular weight is 379 g/mol. The van der Waals surface area contributed by atoms with Crippen LogP contribution in [0.1, 0.15) is 0 Å². The van der Waals surface area contributed by atoms with Crippen molar-refractivity contribution in [1.82, 2.24) is 14.4 Å². The number of nitrogens with zero attached hydrogens (tertiary/aromatic N) is 2. The van der Waals surface area contributed by atoms with Crippen molar-refractivity contribution < 1.29 is 0 Å². The van der Waals surface area contributed by atoms with Crippen molar-refractivity contribution in [3.63, 3.8) is 0 Å². The van der Waals surface area contributed by atoms with Crippen LogP contribution in [-0.2, 0) is 0 Å². The molecule has 4 aromatic rings. The second kappa shape index (κ2) is 5.09. The molecule has 0 radical (unpaired) electrons. The number of imidazole rings is 1. The highest BCUT2D eigenvalue weighted by atomic mass is 79.9. The molecule has 0 saturated heterocycles. The molecule has 0 amide bonds. The lowest BCUT2D eigenvalue weighted by atomic mass is 10.2. The molecule has 3 aromatic heterocycles. The number of hydrogen-bond donors (Lipinski definition) is 1.